The summed E-state index contributed by atoms with van der Waals surface area (Å²) < 4.78 is 137. The largest absolute Gasteiger partial charge is 0.407 e. The third kappa shape index (κ3) is 3.57. The van der Waals surface area contributed by atoms with Crippen molar-refractivity contribution in [2.45, 2.75) is 6.92 Å². The maximum Gasteiger partial charge on any atom is 0.407 e. The molecule has 0 nitrogen and oxygen atoms in total. The van der Waals surface area contributed by atoms with Gasteiger partial charge in [0.1, 0.15) is 34.9 Å². The van der Waals surface area contributed by atoms with Gasteiger partial charge in [-0.2, -0.15) is 0 Å². The molecular weight excluding hydrogens is 445 g/mol. The molecule has 0 aromatic heterocycles. The molecular formula is C19H7AlF10. The minimum atomic E-state index is -4.67. The maximum atomic E-state index is 14.5. The Kier molecular flexibility index (Phi) is 5.89. The van der Waals surface area contributed by atoms with Crippen molar-refractivity contribution in [1.82, 2.24) is 0 Å². The lowest BCUT2D eigenvalue weighted by Gasteiger charge is -2.19. The number of aryl methyl sites for hydroxylation is 1. The molecule has 0 N–H and O–H groups in total. The summed E-state index contributed by atoms with van der Waals surface area (Å²) in [7, 11) is 0. The second-order valence-electron chi connectivity index (χ2n) is 6.32. The molecule has 3 aromatic rings. The molecule has 0 radical (unpaired) electrons. The van der Waals surface area contributed by atoms with Crippen LogP contribution in [0.2, 0.25) is 0 Å². The molecule has 156 valence electrons. The summed E-state index contributed by atoms with van der Waals surface area (Å²) in [4.78, 5) is 0. The van der Waals surface area contributed by atoms with Crippen LogP contribution in [0.25, 0.3) is 0 Å². The third-order valence-electron chi connectivity index (χ3n) is 4.46. The van der Waals surface area contributed by atoms with Gasteiger partial charge in [0.25, 0.3) is 0 Å². The zero-order valence-corrected chi connectivity index (χ0v) is 15.8. The predicted octanol–water partition coefficient (Wildman–Crippen LogP) is 3.90. The van der Waals surface area contributed by atoms with Crippen LogP contribution in [0.5, 0.6) is 0 Å². The zero-order chi connectivity index (χ0) is 22.5. The lowest BCUT2D eigenvalue weighted by Crippen LogP contribution is -2.59. The molecule has 3 aromatic carbocycles. The molecule has 0 saturated heterocycles. The van der Waals surface area contributed by atoms with Crippen LogP contribution in [0, 0.1) is 65.1 Å². The fraction of sp³-hybridized carbons (Fsp3) is 0.0526. The topological polar surface area (TPSA) is 0 Å². The molecule has 0 aliphatic rings. The Morgan fingerprint density at radius 2 is 0.800 bits per heavy atom. The van der Waals surface area contributed by atoms with Crippen LogP contribution in [0.3, 0.4) is 0 Å². The van der Waals surface area contributed by atoms with Crippen molar-refractivity contribution >= 4 is 27.4 Å². The molecule has 11 heteroatoms. The molecule has 0 fully saturated rings. The van der Waals surface area contributed by atoms with Crippen molar-refractivity contribution in [3.8, 4) is 0 Å². The van der Waals surface area contributed by atoms with Crippen molar-refractivity contribution < 1.29 is 43.9 Å². The first-order valence-corrected chi connectivity index (χ1v) is 9.80. The monoisotopic (exact) mass is 452 g/mol. The lowest BCUT2D eigenvalue weighted by molar-refractivity contribution is 0.459. The molecule has 0 spiro atoms. The summed E-state index contributed by atoms with van der Waals surface area (Å²) in [5.41, 5.74) is -0.362. The molecule has 0 amide bonds. The Labute approximate surface area is 166 Å². The zero-order valence-electron chi connectivity index (χ0n) is 14.7. The van der Waals surface area contributed by atoms with E-state index >= 15 is 0 Å². The van der Waals surface area contributed by atoms with Crippen molar-refractivity contribution in [2.24, 2.45) is 0 Å². The normalized spacial score (nSPS) is 11.2. The van der Waals surface area contributed by atoms with E-state index in [1.54, 1.807) is 0 Å². The highest BCUT2D eigenvalue weighted by Crippen LogP contribution is 2.18. The highest BCUT2D eigenvalue weighted by molar-refractivity contribution is 6.95. The minimum absolute atomic E-state index is 0.204. The first kappa shape index (κ1) is 22.2. The summed E-state index contributed by atoms with van der Waals surface area (Å²) >= 11 is -4.67. The van der Waals surface area contributed by atoms with Crippen molar-refractivity contribution in [3.05, 3.63) is 88.0 Å². The van der Waals surface area contributed by atoms with Gasteiger partial charge in [-0.05, 0) is 21.3 Å². The maximum absolute atomic E-state index is 14.5. The second kappa shape index (κ2) is 7.96. The Bertz CT molecular complexity index is 1060. The van der Waals surface area contributed by atoms with E-state index in [4.69, 9.17) is 0 Å². The SMILES string of the molecule is Cc1c[c]([Al]([c]2c(F)c(F)cc(F)c2F)[c]2c(F)c(F)cc(F)c2F)c(F)cc1F. The van der Waals surface area contributed by atoms with Crippen molar-refractivity contribution in [2.75, 3.05) is 0 Å². The molecule has 3 rings (SSSR count). The molecule has 0 aliphatic heterocycles. The number of rotatable bonds is 3. The average Bonchev–Trinajstić information content (AvgIpc) is 2.67. The standard InChI is InChI=1S/C7H5F2.2C6HF4.Al/c1-5-2-3-6(8)4-7(5)9;2*7-3-1-4(8)6(10)2-5(3)9;/h2,4H,1H3;2*1H;. The first-order valence-electron chi connectivity index (χ1n) is 8.07. The van der Waals surface area contributed by atoms with E-state index in [0.29, 0.717) is 6.07 Å². The van der Waals surface area contributed by atoms with Crippen LogP contribution in [0.1, 0.15) is 5.56 Å². The van der Waals surface area contributed by atoms with Crippen LogP contribution >= 0.6 is 0 Å². The van der Waals surface area contributed by atoms with Gasteiger partial charge in [-0.3, -0.25) is 0 Å². The van der Waals surface area contributed by atoms with Gasteiger partial charge in [-0.25, -0.2) is 43.9 Å². The highest BCUT2D eigenvalue weighted by atomic mass is 27.2. The Morgan fingerprint density at radius 1 is 0.467 bits per heavy atom. The minimum Gasteiger partial charge on any atom is -0.208 e. The summed E-state index contributed by atoms with van der Waals surface area (Å²) in [5.74, 6) is -19.2. The first-order chi connectivity index (χ1) is 14.0. The number of benzene rings is 3. The molecule has 30 heavy (non-hydrogen) atoms. The second-order valence-corrected chi connectivity index (χ2v) is 8.96. The number of halogens is 10. The van der Waals surface area contributed by atoms with Crippen LogP contribution in [-0.2, 0) is 0 Å². The molecule has 0 unspecified atom stereocenters. The average molecular weight is 452 g/mol. The van der Waals surface area contributed by atoms with Gasteiger partial charge in [-0.1, -0.05) is 10.5 Å². The summed E-state index contributed by atoms with van der Waals surface area (Å²) in [5, 5.41) is 0. The van der Waals surface area contributed by atoms with E-state index in [1.807, 2.05) is 0 Å². The molecule has 0 atom stereocenters. The molecule has 0 aliphatic carbocycles. The van der Waals surface area contributed by atoms with Gasteiger partial charge in [0.2, 0.25) is 0 Å². The van der Waals surface area contributed by atoms with Crippen LogP contribution in [0.15, 0.2) is 24.3 Å². The van der Waals surface area contributed by atoms with E-state index in [1.165, 1.54) is 0 Å². The van der Waals surface area contributed by atoms with Crippen LogP contribution in [0.4, 0.5) is 43.9 Å². The van der Waals surface area contributed by atoms with E-state index in [0.717, 1.165) is 6.92 Å². The fourth-order valence-corrected chi connectivity index (χ4v) is 6.30. The van der Waals surface area contributed by atoms with Gasteiger partial charge in [0, 0.05) is 18.2 Å². The lowest BCUT2D eigenvalue weighted by atomic mass is 10.2. The summed E-state index contributed by atoms with van der Waals surface area (Å²) in [6.45, 7) is 1.06. The third-order valence-corrected chi connectivity index (χ3v) is 7.69. The van der Waals surface area contributed by atoms with Gasteiger partial charge in [0.15, 0.2) is 23.3 Å². The molecule has 0 bridgehead atoms. The molecule has 0 heterocycles. The Morgan fingerprint density at radius 3 is 1.17 bits per heavy atom. The van der Waals surface area contributed by atoms with E-state index in [9.17, 15) is 43.9 Å². The number of hydrogen-bond acceptors (Lipinski definition) is 0. The summed E-state index contributed by atoms with van der Waals surface area (Å²) in [6, 6.07) is 0.405. The van der Waals surface area contributed by atoms with E-state index in [2.05, 4.69) is 0 Å². The van der Waals surface area contributed by atoms with Gasteiger partial charge in [0.05, 0.1) is 0 Å². The molecule has 0 saturated carbocycles. The van der Waals surface area contributed by atoms with Crippen LogP contribution in [-0.4, -0.2) is 14.1 Å². The van der Waals surface area contributed by atoms with Crippen molar-refractivity contribution in [1.29, 1.82) is 0 Å². The predicted molar refractivity (Wildman–Crippen MR) is 88.3 cm³/mol. The van der Waals surface area contributed by atoms with E-state index < -0.39 is 85.6 Å². The van der Waals surface area contributed by atoms with Crippen LogP contribution < -0.4 is 13.3 Å². The van der Waals surface area contributed by atoms with Gasteiger partial charge >= 0.3 is 14.1 Å². The fourth-order valence-electron chi connectivity index (χ4n) is 3.05. The Balaban J connectivity index is 2.54. The Hall–Kier alpha value is -2.51. The van der Waals surface area contributed by atoms with Gasteiger partial charge < -0.3 is 0 Å². The quantitative estimate of drug-likeness (QED) is 0.322. The summed E-state index contributed by atoms with van der Waals surface area (Å²) in [6.07, 6.45) is 0. The highest BCUT2D eigenvalue weighted by Gasteiger charge is 2.41. The smallest absolute Gasteiger partial charge is 0.208 e. The number of hydrogen-bond donors (Lipinski definition) is 0. The van der Waals surface area contributed by atoms with Crippen molar-refractivity contribution in [3.63, 3.8) is 0 Å². The van der Waals surface area contributed by atoms with Gasteiger partial charge in [-0.15, -0.1) is 0 Å². The van der Waals surface area contributed by atoms with E-state index in [-0.39, 0.29) is 23.8 Å².